The summed E-state index contributed by atoms with van der Waals surface area (Å²) in [6.45, 7) is 2.75. The SMILES string of the molecule is Cc1c(CNS(=O)(=O)CCNC2CC2)cnn1C. The maximum Gasteiger partial charge on any atom is 0.213 e. The number of aryl methyl sites for hydroxylation is 1. The number of hydrogen-bond donors (Lipinski definition) is 2. The Hall–Kier alpha value is -0.920. The first-order valence-corrected chi connectivity index (χ1v) is 7.81. The highest BCUT2D eigenvalue weighted by atomic mass is 32.2. The normalized spacial score (nSPS) is 16.1. The molecule has 1 fully saturated rings. The first kappa shape index (κ1) is 13.5. The standard InChI is InChI=1S/C11H20N4O2S/c1-9-10(7-13-15(9)2)8-14-18(16,17)6-5-12-11-3-4-11/h7,11-12,14H,3-6,8H2,1-2H3. The van der Waals surface area contributed by atoms with E-state index in [9.17, 15) is 8.42 Å². The van der Waals surface area contributed by atoms with E-state index in [2.05, 4.69) is 15.1 Å². The van der Waals surface area contributed by atoms with Crippen molar-refractivity contribution in [2.75, 3.05) is 12.3 Å². The van der Waals surface area contributed by atoms with Gasteiger partial charge in [-0.15, -0.1) is 0 Å². The largest absolute Gasteiger partial charge is 0.313 e. The second-order valence-electron chi connectivity index (χ2n) is 4.75. The van der Waals surface area contributed by atoms with E-state index in [4.69, 9.17) is 0 Å². The van der Waals surface area contributed by atoms with Gasteiger partial charge in [0.25, 0.3) is 0 Å². The molecule has 2 N–H and O–H groups in total. The van der Waals surface area contributed by atoms with E-state index in [1.807, 2.05) is 14.0 Å². The van der Waals surface area contributed by atoms with E-state index >= 15 is 0 Å². The number of nitrogens with one attached hydrogen (secondary N) is 2. The molecule has 0 amide bonds. The Morgan fingerprint density at radius 2 is 2.22 bits per heavy atom. The van der Waals surface area contributed by atoms with Crippen molar-refractivity contribution in [1.82, 2.24) is 19.8 Å². The Balaban J connectivity index is 1.78. The lowest BCUT2D eigenvalue weighted by molar-refractivity contribution is 0.576. The molecule has 0 atom stereocenters. The molecule has 0 bridgehead atoms. The van der Waals surface area contributed by atoms with Gasteiger partial charge in [0.2, 0.25) is 10.0 Å². The Labute approximate surface area is 108 Å². The van der Waals surface area contributed by atoms with Gasteiger partial charge in [0.1, 0.15) is 0 Å². The summed E-state index contributed by atoms with van der Waals surface area (Å²) in [4.78, 5) is 0. The zero-order valence-corrected chi connectivity index (χ0v) is 11.6. The van der Waals surface area contributed by atoms with Crippen LogP contribution in [0.5, 0.6) is 0 Å². The van der Waals surface area contributed by atoms with Gasteiger partial charge in [-0.25, -0.2) is 13.1 Å². The Bertz CT molecular complexity index is 505. The lowest BCUT2D eigenvalue weighted by atomic mass is 10.3. The summed E-state index contributed by atoms with van der Waals surface area (Å²) in [5, 5.41) is 7.27. The summed E-state index contributed by atoms with van der Waals surface area (Å²) in [6.07, 6.45) is 4.03. The quantitative estimate of drug-likeness (QED) is 0.727. The Morgan fingerprint density at radius 1 is 1.50 bits per heavy atom. The van der Waals surface area contributed by atoms with Crippen LogP contribution < -0.4 is 10.0 Å². The molecule has 102 valence electrons. The molecule has 2 rings (SSSR count). The molecule has 1 heterocycles. The van der Waals surface area contributed by atoms with E-state index in [0.717, 1.165) is 11.3 Å². The van der Waals surface area contributed by atoms with E-state index in [-0.39, 0.29) is 5.75 Å². The third kappa shape index (κ3) is 3.79. The van der Waals surface area contributed by atoms with Gasteiger partial charge in [-0.1, -0.05) is 0 Å². The fourth-order valence-corrected chi connectivity index (χ4v) is 2.57. The summed E-state index contributed by atoms with van der Waals surface area (Å²) in [7, 11) is -1.36. The Kier molecular flexibility index (Phi) is 4.04. The molecule has 7 heteroatoms. The number of hydrogen-bond acceptors (Lipinski definition) is 4. The summed E-state index contributed by atoms with van der Waals surface area (Å²) in [5.74, 6) is 0.128. The van der Waals surface area contributed by atoms with E-state index < -0.39 is 10.0 Å². The van der Waals surface area contributed by atoms with Gasteiger partial charge in [0.05, 0.1) is 11.9 Å². The fraction of sp³-hybridized carbons (Fsp3) is 0.727. The van der Waals surface area contributed by atoms with Crippen LogP contribution in [0.4, 0.5) is 0 Å². The van der Waals surface area contributed by atoms with Crippen molar-refractivity contribution in [3.8, 4) is 0 Å². The predicted molar refractivity (Wildman–Crippen MR) is 69.6 cm³/mol. The molecule has 0 saturated heterocycles. The molecule has 1 saturated carbocycles. The molecule has 1 aromatic rings. The number of nitrogens with zero attached hydrogens (tertiary/aromatic N) is 2. The lowest BCUT2D eigenvalue weighted by Crippen LogP contribution is -2.32. The second kappa shape index (κ2) is 5.38. The van der Waals surface area contributed by atoms with E-state index in [1.165, 1.54) is 12.8 Å². The minimum atomic E-state index is -3.20. The molecule has 0 radical (unpaired) electrons. The van der Waals surface area contributed by atoms with Crippen LogP contribution in [0.1, 0.15) is 24.1 Å². The van der Waals surface area contributed by atoms with E-state index in [0.29, 0.717) is 19.1 Å². The average molecular weight is 272 g/mol. The third-order valence-corrected chi connectivity index (χ3v) is 4.53. The molecule has 1 aromatic heterocycles. The first-order valence-electron chi connectivity index (χ1n) is 6.16. The maximum absolute atomic E-state index is 11.7. The number of sulfonamides is 1. The van der Waals surface area contributed by atoms with Gasteiger partial charge in [-0.05, 0) is 19.8 Å². The van der Waals surface area contributed by atoms with Crippen LogP contribution in [0.25, 0.3) is 0 Å². The maximum atomic E-state index is 11.7. The van der Waals surface area contributed by atoms with Crippen molar-refractivity contribution in [3.63, 3.8) is 0 Å². The molecular formula is C11H20N4O2S. The van der Waals surface area contributed by atoms with Crippen molar-refractivity contribution in [3.05, 3.63) is 17.5 Å². The molecule has 6 nitrogen and oxygen atoms in total. The molecule has 0 aromatic carbocycles. The van der Waals surface area contributed by atoms with Crippen molar-refractivity contribution in [2.45, 2.75) is 32.4 Å². The summed E-state index contributed by atoms with van der Waals surface area (Å²) in [5.41, 5.74) is 1.89. The first-order chi connectivity index (χ1) is 8.48. The van der Waals surface area contributed by atoms with Crippen molar-refractivity contribution < 1.29 is 8.42 Å². The molecule has 18 heavy (non-hydrogen) atoms. The summed E-state index contributed by atoms with van der Waals surface area (Å²) < 4.78 is 27.8. The third-order valence-electron chi connectivity index (χ3n) is 3.20. The van der Waals surface area contributed by atoms with Crippen molar-refractivity contribution in [1.29, 1.82) is 0 Å². The minimum absolute atomic E-state index is 0.128. The molecule has 1 aliphatic rings. The average Bonchev–Trinajstić information content (AvgIpc) is 3.06. The Morgan fingerprint density at radius 3 is 2.78 bits per heavy atom. The summed E-state index contributed by atoms with van der Waals surface area (Å²) in [6, 6.07) is 0.542. The van der Waals surface area contributed by atoms with Crippen LogP contribution >= 0.6 is 0 Å². The zero-order valence-electron chi connectivity index (χ0n) is 10.8. The highest BCUT2D eigenvalue weighted by Gasteiger charge is 2.21. The topological polar surface area (TPSA) is 76.0 Å². The number of aromatic nitrogens is 2. The van der Waals surface area contributed by atoms with Crippen molar-refractivity contribution >= 4 is 10.0 Å². The van der Waals surface area contributed by atoms with Crippen LogP contribution in [0, 0.1) is 6.92 Å². The van der Waals surface area contributed by atoms with Crippen LogP contribution in [0.15, 0.2) is 6.20 Å². The van der Waals surface area contributed by atoms with Crippen LogP contribution in [-0.4, -0.2) is 36.5 Å². The lowest BCUT2D eigenvalue weighted by Gasteiger charge is -2.07. The molecule has 0 spiro atoms. The molecule has 1 aliphatic carbocycles. The van der Waals surface area contributed by atoms with Crippen LogP contribution in [-0.2, 0) is 23.6 Å². The highest BCUT2D eigenvalue weighted by Crippen LogP contribution is 2.18. The number of rotatable bonds is 7. The zero-order chi connectivity index (χ0) is 13.2. The van der Waals surface area contributed by atoms with Crippen LogP contribution in [0.3, 0.4) is 0 Å². The molecular weight excluding hydrogens is 252 g/mol. The van der Waals surface area contributed by atoms with Gasteiger partial charge in [0, 0.05) is 37.4 Å². The second-order valence-corrected chi connectivity index (χ2v) is 6.67. The van der Waals surface area contributed by atoms with E-state index in [1.54, 1.807) is 10.9 Å². The monoisotopic (exact) mass is 272 g/mol. The highest BCUT2D eigenvalue weighted by molar-refractivity contribution is 7.89. The minimum Gasteiger partial charge on any atom is -0.313 e. The van der Waals surface area contributed by atoms with Gasteiger partial charge >= 0.3 is 0 Å². The van der Waals surface area contributed by atoms with Gasteiger partial charge in [-0.2, -0.15) is 5.10 Å². The van der Waals surface area contributed by atoms with Gasteiger partial charge < -0.3 is 5.32 Å². The predicted octanol–water partition coefficient (Wildman–Crippen LogP) is -0.100. The van der Waals surface area contributed by atoms with Crippen molar-refractivity contribution in [2.24, 2.45) is 7.05 Å². The molecule has 0 unspecified atom stereocenters. The fourth-order valence-electron chi connectivity index (χ4n) is 1.66. The molecule has 0 aliphatic heterocycles. The van der Waals surface area contributed by atoms with Gasteiger partial charge in [-0.3, -0.25) is 4.68 Å². The summed E-state index contributed by atoms with van der Waals surface area (Å²) >= 11 is 0. The van der Waals surface area contributed by atoms with Crippen LogP contribution in [0.2, 0.25) is 0 Å². The smallest absolute Gasteiger partial charge is 0.213 e. The van der Waals surface area contributed by atoms with Gasteiger partial charge in [0.15, 0.2) is 0 Å².